The topological polar surface area (TPSA) is 69.0 Å². The number of nitrogens with one attached hydrogen (secondary N) is 1. The van der Waals surface area contributed by atoms with Gasteiger partial charge in [-0.1, -0.05) is 6.92 Å². The van der Waals surface area contributed by atoms with Gasteiger partial charge < -0.3 is 10.1 Å². The molecule has 6 nitrogen and oxygen atoms in total. The van der Waals surface area contributed by atoms with Crippen molar-refractivity contribution in [3.63, 3.8) is 0 Å². The molecule has 0 aliphatic carbocycles. The summed E-state index contributed by atoms with van der Waals surface area (Å²) < 4.78 is 6.66. The summed E-state index contributed by atoms with van der Waals surface area (Å²) >= 11 is 0. The van der Waals surface area contributed by atoms with Crippen LogP contribution in [0, 0.1) is 6.92 Å². The van der Waals surface area contributed by atoms with Crippen molar-refractivity contribution < 1.29 is 9.53 Å². The van der Waals surface area contributed by atoms with E-state index in [-0.39, 0.29) is 5.97 Å². The van der Waals surface area contributed by atoms with Gasteiger partial charge in [0.1, 0.15) is 11.9 Å². The molecule has 0 aliphatic rings. The molecule has 0 radical (unpaired) electrons. The van der Waals surface area contributed by atoms with Crippen LogP contribution in [-0.2, 0) is 9.53 Å². The highest BCUT2D eigenvalue weighted by Crippen LogP contribution is 2.20. The van der Waals surface area contributed by atoms with Crippen LogP contribution in [0.25, 0.3) is 5.82 Å². The molecule has 2 heterocycles. The number of carbonyl (C=O) groups excluding carboxylic acids is 1. The maximum absolute atomic E-state index is 11.7. The van der Waals surface area contributed by atoms with Crippen molar-refractivity contribution in [2.75, 3.05) is 12.4 Å². The number of pyridine rings is 1. The fourth-order valence-corrected chi connectivity index (χ4v) is 1.96. The first kappa shape index (κ1) is 14.0. The van der Waals surface area contributed by atoms with Crippen LogP contribution in [0.3, 0.4) is 0 Å². The summed E-state index contributed by atoms with van der Waals surface area (Å²) in [5, 5.41) is 3.18. The molecular formula is C14H18N4O2. The number of ether oxygens (including phenoxy) is 1. The van der Waals surface area contributed by atoms with Gasteiger partial charge in [-0.3, -0.25) is 4.57 Å². The lowest BCUT2D eigenvalue weighted by Gasteiger charge is -2.18. The Morgan fingerprint density at radius 3 is 2.85 bits per heavy atom. The highest BCUT2D eigenvalue weighted by molar-refractivity contribution is 5.80. The van der Waals surface area contributed by atoms with E-state index in [2.05, 4.69) is 15.3 Å². The predicted molar refractivity (Wildman–Crippen MR) is 75.8 cm³/mol. The average Bonchev–Trinajstić information content (AvgIpc) is 2.90. The minimum Gasteiger partial charge on any atom is -0.467 e. The average molecular weight is 274 g/mol. The molecule has 6 heteroatoms. The second kappa shape index (κ2) is 6.18. The van der Waals surface area contributed by atoms with Gasteiger partial charge in [0.2, 0.25) is 0 Å². The van der Waals surface area contributed by atoms with E-state index in [1.165, 1.54) is 7.11 Å². The molecular weight excluding hydrogens is 256 g/mol. The van der Waals surface area contributed by atoms with Gasteiger partial charge in [-0.2, -0.15) is 0 Å². The number of nitrogens with zero attached hydrogens (tertiary/aromatic N) is 3. The number of esters is 1. The first-order chi connectivity index (χ1) is 9.67. The largest absolute Gasteiger partial charge is 0.467 e. The lowest BCUT2D eigenvalue weighted by atomic mass is 10.2. The number of anilines is 1. The summed E-state index contributed by atoms with van der Waals surface area (Å²) in [5.41, 5.74) is 0.769. The van der Waals surface area contributed by atoms with Crippen LogP contribution in [0.5, 0.6) is 0 Å². The summed E-state index contributed by atoms with van der Waals surface area (Å²) in [4.78, 5) is 20.2. The van der Waals surface area contributed by atoms with Gasteiger partial charge in [0.05, 0.1) is 12.8 Å². The number of hydrogen-bond acceptors (Lipinski definition) is 5. The lowest BCUT2D eigenvalue weighted by Crippen LogP contribution is -2.30. The fourth-order valence-electron chi connectivity index (χ4n) is 1.96. The number of methoxy groups -OCH3 is 1. The fraction of sp³-hybridized carbons (Fsp3) is 0.357. The van der Waals surface area contributed by atoms with Crippen molar-refractivity contribution in [2.45, 2.75) is 26.3 Å². The molecule has 0 aliphatic heterocycles. The Labute approximate surface area is 117 Å². The maximum atomic E-state index is 11.7. The Hall–Kier alpha value is -2.37. The SMILES string of the molecule is CCC(Nc1cccnc1-n1ccnc1C)C(=O)OC. The molecule has 1 atom stereocenters. The summed E-state index contributed by atoms with van der Waals surface area (Å²) in [6, 6.07) is 3.31. The van der Waals surface area contributed by atoms with Crippen LogP contribution in [0.15, 0.2) is 30.7 Å². The van der Waals surface area contributed by atoms with Crippen molar-refractivity contribution in [3.05, 3.63) is 36.5 Å². The van der Waals surface area contributed by atoms with E-state index in [1.54, 1.807) is 12.4 Å². The summed E-state index contributed by atoms with van der Waals surface area (Å²) in [7, 11) is 1.39. The van der Waals surface area contributed by atoms with Gasteiger partial charge in [-0.15, -0.1) is 0 Å². The quantitative estimate of drug-likeness (QED) is 0.844. The number of imidazole rings is 1. The summed E-state index contributed by atoms with van der Waals surface area (Å²) in [5.74, 6) is 1.26. The minimum atomic E-state index is -0.397. The second-order valence-electron chi connectivity index (χ2n) is 4.35. The zero-order valence-corrected chi connectivity index (χ0v) is 11.8. The number of hydrogen-bond donors (Lipinski definition) is 1. The number of carbonyl (C=O) groups is 1. The van der Waals surface area contributed by atoms with Crippen LogP contribution in [0.2, 0.25) is 0 Å². The lowest BCUT2D eigenvalue weighted by molar-refractivity contribution is -0.141. The normalized spacial score (nSPS) is 11.9. The Kier molecular flexibility index (Phi) is 4.34. The molecule has 0 amide bonds. The van der Waals surface area contributed by atoms with Gasteiger partial charge in [0.15, 0.2) is 5.82 Å². The van der Waals surface area contributed by atoms with Gasteiger partial charge in [-0.25, -0.2) is 14.8 Å². The Morgan fingerprint density at radius 1 is 1.45 bits per heavy atom. The van der Waals surface area contributed by atoms with Gasteiger partial charge in [-0.05, 0) is 25.5 Å². The summed E-state index contributed by atoms with van der Waals surface area (Å²) in [6.45, 7) is 3.82. The molecule has 2 aromatic heterocycles. The standard InChI is InChI=1S/C14H18N4O2/c1-4-11(14(19)20-3)17-12-6-5-7-16-13(12)18-9-8-15-10(18)2/h5-9,11,17H,4H2,1-3H3. The molecule has 0 bridgehead atoms. The van der Waals surface area contributed by atoms with E-state index in [0.29, 0.717) is 12.2 Å². The smallest absolute Gasteiger partial charge is 0.328 e. The third-order valence-corrected chi connectivity index (χ3v) is 3.06. The van der Waals surface area contributed by atoms with E-state index in [4.69, 9.17) is 4.74 Å². The van der Waals surface area contributed by atoms with Gasteiger partial charge in [0, 0.05) is 18.6 Å². The van der Waals surface area contributed by atoms with Crippen molar-refractivity contribution in [1.29, 1.82) is 0 Å². The Bertz CT molecular complexity index is 594. The highest BCUT2D eigenvalue weighted by atomic mass is 16.5. The van der Waals surface area contributed by atoms with E-state index in [9.17, 15) is 4.79 Å². The number of aromatic nitrogens is 3. The Balaban J connectivity index is 2.33. The molecule has 20 heavy (non-hydrogen) atoms. The molecule has 106 valence electrons. The molecule has 1 N–H and O–H groups in total. The zero-order chi connectivity index (χ0) is 14.5. The molecule has 0 saturated carbocycles. The van der Waals surface area contributed by atoms with Crippen molar-refractivity contribution >= 4 is 11.7 Å². The highest BCUT2D eigenvalue weighted by Gasteiger charge is 2.18. The Morgan fingerprint density at radius 2 is 2.25 bits per heavy atom. The molecule has 1 unspecified atom stereocenters. The first-order valence-electron chi connectivity index (χ1n) is 6.47. The van der Waals surface area contributed by atoms with Crippen molar-refractivity contribution in [1.82, 2.24) is 14.5 Å². The van der Waals surface area contributed by atoms with Gasteiger partial charge in [0.25, 0.3) is 0 Å². The third kappa shape index (κ3) is 2.79. The van der Waals surface area contributed by atoms with Crippen LogP contribution in [0.1, 0.15) is 19.2 Å². The number of rotatable bonds is 5. The zero-order valence-electron chi connectivity index (χ0n) is 11.8. The van der Waals surface area contributed by atoms with Crippen LogP contribution < -0.4 is 5.32 Å². The van der Waals surface area contributed by atoms with E-state index >= 15 is 0 Å². The molecule has 0 spiro atoms. The van der Waals surface area contributed by atoms with E-state index < -0.39 is 6.04 Å². The predicted octanol–water partition coefficient (Wildman–Crippen LogP) is 1.94. The molecule has 0 aromatic carbocycles. The van der Waals surface area contributed by atoms with Gasteiger partial charge >= 0.3 is 5.97 Å². The van der Waals surface area contributed by atoms with Crippen LogP contribution >= 0.6 is 0 Å². The molecule has 0 saturated heterocycles. The third-order valence-electron chi connectivity index (χ3n) is 3.06. The minimum absolute atomic E-state index is 0.287. The molecule has 2 aromatic rings. The van der Waals surface area contributed by atoms with Crippen molar-refractivity contribution in [3.8, 4) is 5.82 Å². The molecule has 0 fully saturated rings. The van der Waals surface area contributed by atoms with Crippen molar-refractivity contribution in [2.24, 2.45) is 0 Å². The summed E-state index contributed by atoms with van der Waals surface area (Å²) in [6.07, 6.45) is 5.89. The maximum Gasteiger partial charge on any atom is 0.328 e. The molecule has 2 rings (SSSR count). The van der Waals surface area contributed by atoms with Crippen LogP contribution in [0.4, 0.5) is 5.69 Å². The second-order valence-corrected chi connectivity index (χ2v) is 4.35. The van der Waals surface area contributed by atoms with E-state index in [1.807, 2.05) is 36.7 Å². The number of aryl methyl sites for hydroxylation is 1. The first-order valence-corrected chi connectivity index (χ1v) is 6.47. The monoisotopic (exact) mass is 274 g/mol. The van der Waals surface area contributed by atoms with Crippen LogP contribution in [-0.4, -0.2) is 33.7 Å². The van der Waals surface area contributed by atoms with E-state index in [0.717, 1.165) is 11.5 Å².